The van der Waals surface area contributed by atoms with E-state index in [4.69, 9.17) is 14.6 Å². The quantitative estimate of drug-likeness (QED) is 0.154. The van der Waals surface area contributed by atoms with Crippen molar-refractivity contribution in [3.63, 3.8) is 0 Å². The van der Waals surface area contributed by atoms with E-state index in [-0.39, 0.29) is 0 Å². The first-order chi connectivity index (χ1) is 30.3. The summed E-state index contributed by atoms with van der Waals surface area (Å²) in [7, 11) is 0. The summed E-state index contributed by atoms with van der Waals surface area (Å²) < 4.78 is 6.68. The van der Waals surface area contributed by atoms with Crippen molar-refractivity contribution in [3.05, 3.63) is 224 Å². The number of nitrogens with zero attached hydrogens (tertiary/aromatic N) is 3. The molecule has 0 fully saturated rings. The molecule has 0 saturated heterocycles. The van der Waals surface area contributed by atoms with Crippen LogP contribution in [0.3, 0.4) is 0 Å². The maximum atomic E-state index is 6.68. The molecule has 2 heterocycles. The predicted octanol–water partition coefficient (Wildman–Crippen LogP) is 15.1. The van der Waals surface area contributed by atoms with Gasteiger partial charge in [0.1, 0.15) is 22.6 Å². The van der Waals surface area contributed by atoms with E-state index in [1.807, 2.05) is 12.1 Å². The summed E-state index contributed by atoms with van der Waals surface area (Å²) in [5.41, 5.74) is 17.8. The SMILES string of the molecule is c1ccc(-c2ccccc2-c2ccc3oc4ccccc4c3c2-c2cccc(-c3ccccc3)c2-c2nnnc(-c3ccccc3)c2-c2ccccc2-c2ccccc2)cc1. The first kappa shape index (κ1) is 35.9. The van der Waals surface area contributed by atoms with Gasteiger partial charge in [-0.05, 0) is 79.0 Å². The second-order valence-electron chi connectivity index (χ2n) is 15.1. The fourth-order valence-electron chi connectivity index (χ4n) is 8.91. The van der Waals surface area contributed by atoms with Crippen LogP contribution in [0.5, 0.6) is 0 Å². The largest absolute Gasteiger partial charge is 0.456 e. The highest BCUT2D eigenvalue weighted by atomic mass is 16.3. The lowest BCUT2D eigenvalue weighted by Gasteiger charge is -2.23. The molecule has 4 nitrogen and oxygen atoms in total. The van der Waals surface area contributed by atoms with E-state index >= 15 is 0 Å². The van der Waals surface area contributed by atoms with E-state index in [0.717, 1.165) is 111 Å². The van der Waals surface area contributed by atoms with Crippen molar-refractivity contribution in [3.8, 4) is 89.3 Å². The molecule has 286 valence electrons. The topological polar surface area (TPSA) is 51.8 Å². The third kappa shape index (κ3) is 6.39. The Bertz CT molecular complexity index is 3340. The summed E-state index contributed by atoms with van der Waals surface area (Å²) in [6.45, 7) is 0. The Labute approximate surface area is 354 Å². The van der Waals surface area contributed by atoms with Crippen LogP contribution in [-0.2, 0) is 0 Å². The molecule has 0 spiro atoms. The number of hydrogen-bond donors (Lipinski definition) is 0. The number of furan rings is 1. The van der Waals surface area contributed by atoms with Crippen LogP contribution in [0.4, 0.5) is 0 Å². The van der Waals surface area contributed by atoms with E-state index in [9.17, 15) is 0 Å². The van der Waals surface area contributed by atoms with E-state index in [0.29, 0.717) is 0 Å². The van der Waals surface area contributed by atoms with Crippen LogP contribution in [0.1, 0.15) is 0 Å². The van der Waals surface area contributed by atoms with Gasteiger partial charge in [-0.2, -0.15) is 0 Å². The standard InChI is InChI=1S/C57H37N3O/c1-5-20-38(21-6-1)42-28-13-15-30-45(42)47-36-37-51-54(48-32-17-18-35-50(48)61-51)52(47)49-34-19-33-44(40-24-9-3-10-25-40)53(49)57-55(56(58-60-59-57)41-26-11-4-12-27-41)46-31-16-14-29-43(46)39-22-7-2-8-23-39/h1-37H. The normalized spacial score (nSPS) is 11.3. The Hall–Kier alpha value is -8.21. The Morgan fingerprint density at radius 2 is 0.738 bits per heavy atom. The van der Waals surface area contributed by atoms with Gasteiger partial charge in [0.2, 0.25) is 0 Å². The molecule has 0 bridgehead atoms. The minimum atomic E-state index is 0.735. The maximum Gasteiger partial charge on any atom is 0.136 e. The van der Waals surface area contributed by atoms with Gasteiger partial charge in [-0.3, -0.25) is 0 Å². The van der Waals surface area contributed by atoms with E-state index < -0.39 is 0 Å². The van der Waals surface area contributed by atoms with Crippen LogP contribution in [0, 0.1) is 0 Å². The number of hydrogen-bond acceptors (Lipinski definition) is 4. The maximum absolute atomic E-state index is 6.68. The molecule has 61 heavy (non-hydrogen) atoms. The highest BCUT2D eigenvalue weighted by Gasteiger charge is 2.28. The molecular weight excluding hydrogens is 743 g/mol. The molecule has 0 atom stereocenters. The van der Waals surface area contributed by atoms with Gasteiger partial charge in [-0.25, -0.2) is 0 Å². The molecule has 0 N–H and O–H groups in total. The first-order valence-corrected chi connectivity index (χ1v) is 20.5. The van der Waals surface area contributed by atoms with Crippen LogP contribution in [0.2, 0.25) is 0 Å². The monoisotopic (exact) mass is 779 g/mol. The summed E-state index contributed by atoms with van der Waals surface area (Å²) in [5.74, 6) is 0. The van der Waals surface area contributed by atoms with Crippen molar-refractivity contribution in [2.75, 3.05) is 0 Å². The van der Waals surface area contributed by atoms with Crippen LogP contribution >= 0.6 is 0 Å². The minimum absolute atomic E-state index is 0.735. The van der Waals surface area contributed by atoms with Gasteiger partial charge in [-0.1, -0.05) is 206 Å². The van der Waals surface area contributed by atoms with Crippen LogP contribution in [0.25, 0.3) is 111 Å². The number of aromatic nitrogens is 3. The van der Waals surface area contributed by atoms with Crippen molar-refractivity contribution in [1.82, 2.24) is 15.4 Å². The van der Waals surface area contributed by atoms with Crippen LogP contribution < -0.4 is 0 Å². The molecule has 9 aromatic carbocycles. The molecule has 0 radical (unpaired) electrons. The molecule has 2 aromatic heterocycles. The van der Waals surface area contributed by atoms with Gasteiger partial charge in [-0.15, -0.1) is 10.2 Å². The first-order valence-electron chi connectivity index (χ1n) is 20.5. The second-order valence-corrected chi connectivity index (χ2v) is 15.1. The summed E-state index contributed by atoms with van der Waals surface area (Å²) in [6, 6.07) is 78.7. The van der Waals surface area contributed by atoms with E-state index in [1.165, 1.54) is 0 Å². The van der Waals surface area contributed by atoms with Gasteiger partial charge in [0, 0.05) is 33.0 Å². The molecule has 0 aliphatic carbocycles. The van der Waals surface area contributed by atoms with Gasteiger partial charge in [0.15, 0.2) is 0 Å². The summed E-state index contributed by atoms with van der Waals surface area (Å²) in [4.78, 5) is 0. The molecule has 11 aromatic rings. The minimum Gasteiger partial charge on any atom is -0.456 e. The molecular formula is C57H37N3O. The smallest absolute Gasteiger partial charge is 0.136 e. The zero-order valence-corrected chi connectivity index (χ0v) is 33.1. The number of para-hydroxylation sites is 1. The molecule has 0 saturated carbocycles. The lowest BCUT2D eigenvalue weighted by atomic mass is 9.81. The fraction of sp³-hybridized carbons (Fsp3) is 0. The van der Waals surface area contributed by atoms with Crippen LogP contribution in [0.15, 0.2) is 229 Å². The average Bonchev–Trinajstić information content (AvgIpc) is 3.73. The molecule has 0 amide bonds. The average molecular weight is 780 g/mol. The second kappa shape index (κ2) is 15.5. The Morgan fingerprint density at radius 1 is 0.262 bits per heavy atom. The summed E-state index contributed by atoms with van der Waals surface area (Å²) in [6.07, 6.45) is 0. The van der Waals surface area contributed by atoms with Crippen molar-refractivity contribution < 1.29 is 4.42 Å². The number of rotatable bonds is 8. The van der Waals surface area contributed by atoms with Crippen molar-refractivity contribution in [2.24, 2.45) is 0 Å². The van der Waals surface area contributed by atoms with E-state index in [1.54, 1.807) is 0 Å². The van der Waals surface area contributed by atoms with Gasteiger partial charge < -0.3 is 4.42 Å². The molecule has 4 heteroatoms. The Morgan fingerprint density at radius 3 is 1.39 bits per heavy atom. The van der Waals surface area contributed by atoms with Crippen molar-refractivity contribution in [2.45, 2.75) is 0 Å². The van der Waals surface area contributed by atoms with Crippen LogP contribution in [-0.4, -0.2) is 15.4 Å². The number of fused-ring (bicyclic) bond motifs is 3. The Balaban J connectivity index is 1.32. The Kier molecular flexibility index (Phi) is 9.14. The highest BCUT2D eigenvalue weighted by Crippen LogP contribution is 2.52. The zero-order valence-electron chi connectivity index (χ0n) is 33.1. The van der Waals surface area contributed by atoms with Gasteiger partial charge >= 0.3 is 0 Å². The molecule has 11 rings (SSSR count). The van der Waals surface area contributed by atoms with Crippen molar-refractivity contribution in [1.29, 1.82) is 0 Å². The van der Waals surface area contributed by atoms with Gasteiger partial charge in [0.25, 0.3) is 0 Å². The predicted molar refractivity (Wildman–Crippen MR) is 251 cm³/mol. The third-order valence-corrected chi connectivity index (χ3v) is 11.6. The molecule has 0 unspecified atom stereocenters. The summed E-state index contributed by atoms with van der Waals surface area (Å²) >= 11 is 0. The zero-order chi connectivity index (χ0) is 40.5. The number of benzene rings is 9. The van der Waals surface area contributed by atoms with Gasteiger partial charge in [0.05, 0.1) is 0 Å². The third-order valence-electron chi connectivity index (χ3n) is 11.6. The summed E-state index contributed by atoms with van der Waals surface area (Å²) in [5, 5.41) is 16.7. The van der Waals surface area contributed by atoms with E-state index in [2.05, 4.69) is 218 Å². The molecule has 0 aliphatic rings. The van der Waals surface area contributed by atoms with Crippen molar-refractivity contribution >= 4 is 21.9 Å². The highest BCUT2D eigenvalue weighted by molar-refractivity contribution is 6.19. The molecule has 0 aliphatic heterocycles. The lowest BCUT2D eigenvalue weighted by Crippen LogP contribution is -2.03. The fourth-order valence-corrected chi connectivity index (χ4v) is 8.91. The lowest BCUT2D eigenvalue weighted by molar-refractivity contribution is 0.669.